The summed E-state index contributed by atoms with van der Waals surface area (Å²) in [5, 5.41) is 3.65. The average molecular weight is 288 g/mol. The number of hydrogen-bond donors (Lipinski definition) is 1. The second kappa shape index (κ2) is 6.38. The monoisotopic (exact) mass is 287 g/mol. The number of halogens is 1. The summed E-state index contributed by atoms with van der Waals surface area (Å²) in [6.07, 6.45) is 4.44. The lowest BCUT2D eigenvalue weighted by molar-refractivity contribution is -0.0931. The van der Waals surface area contributed by atoms with Crippen LogP contribution >= 0.6 is 22.9 Å². The lowest BCUT2D eigenvalue weighted by atomic mass is 9.86. The fraction of sp³-hybridized carbons (Fsp3) is 0.714. The van der Waals surface area contributed by atoms with Crippen LogP contribution in [0.4, 0.5) is 0 Å². The predicted octanol–water partition coefficient (Wildman–Crippen LogP) is 4.23. The lowest BCUT2D eigenvalue weighted by Crippen LogP contribution is -2.46. The normalized spacial score (nSPS) is 23.2. The van der Waals surface area contributed by atoms with E-state index in [0.717, 1.165) is 43.2 Å². The molecule has 4 heteroatoms. The van der Waals surface area contributed by atoms with Gasteiger partial charge in [0.05, 0.1) is 9.94 Å². The molecule has 2 rings (SSSR count). The Bertz CT molecular complexity index is 376. The molecule has 1 saturated heterocycles. The molecule has 18 heavy (non-hydrogen) atoms. The molecule has 0 saturated carbocycles. The van der Waals surface area contributed by atoms with Crippen LogP contribution in [-0.4, -0.2) is 18.2 Å². The minimum atomic E-state index is 0.100. The SMILES string of the molecule is CCC1(CC)CC(NCc2ccc(Cl)s2)CCO1. The van der Waals surface area contributed by atoms with Gasteiger partial charge >= 0.3 is 0 Å². The molecular weight excluding hydrogens is 266 g/mol. The van der Waals surface area contributed by atoms with Gasteiger partial charge in [0.15, 0.2) is 0 Å². The summed E-state index contributed by atoms with van der Waals surface area (Å²) in [7, 11) is 0. The van der Waals surface area contributed by atoms with Crippen molar-refractivity contribution < 1.29 is 4.74 Å². The van der Waals surface area contributed by atoms with E-state index in [4.69, 9.17) is 16.3 Å². The van der Waals surface area contributed by atoms with Crippen molar-refractivity contribution in [1.82, 2.24) is 5.32 Å². The summed E-state index contributed by atoms with van der Waals surface area (Å²) in [6.45, 7) is 6.26. The molecule has 102 valence electrons. The van der Waals surface area contributed by atoms with Gasteiger partial charge in [0.1, 0.15) is 0 Å². The molecule has 1 N–H and O–H groups in total. The summed E-state index contributed by atoms with van der Waals surface area (Å²) in [4.78, 5) is 1.31. The van der Waals surface area contributed by atoms with Crippen LogP contribution in [0.25, 0.3) is 0 Å². The van der Waals surface area contributed by atoms with Crippen molar-refractivity contribution in [3.8, 4) is 0 Å². The van der Waals surface area contributed by atoms with Crippen LogP contribution in [0.5, 0.6) is 0 Å². The summed E-state index contributed by atoms with van der Waals surface area (Å²) >= 11 is 7.60. The molecule has 1 unspecified atom stereocenters. The zero-order valence-electron chi connectivity index (χ0n) is 11.2. The Balaban J connectivity index is 1.86. The van der Waals surface area contributed by atoms with Crippen molar-refractivity contribution in [3.63, 3.8) is 0 Å². The van der Waals surface area contributed by atoms with Crippen molar-refractivity contribution in [3.05, 3.63) is 21.3 Å². The first-order valence-corrected chi connectivity index (χ1v) is 7.98. The number of thiophene rings is 1. The molecule has 1 aliphatic heterocycles. The van der Waals surface area contributed by atoms with E-state index in [1.165, 1.54) is 4.88 Å². The maximum atomic E-state index is 5.99. The molecule has 0 amide bonds. The molecule has 0 aromatic carbocycles. The van der Waals surface area contributed by atoms with Gasteiger partial charge in [-0.25, -0.2) is 0 Å². The average Bonchev–Trinajstić information content (AvgIpc) is 2.82. The smallest absolute Gasteiger partial charge is 0.0931 e. The van der Waals surface area contributed by atoms with Crippen LogP contribution in [0.15, 0.2) is 12.1 Å². The van der Waals surface area contributed by atoms with Gasteiger partial charge in [-0.3, -0.25) is 0 Å². The standard InChI is InChI=1S/C14H22ClNOS/c1-3-14(4-2)9-11(7-8-17-14)16-10-12-5-6-13(15)18-12/h5-6,11,16H,3-4,7-10H2,1-2H3. The van der Waals surface area contributed by atoms with Crippen molar-refractivity contribution in [2.24, 2.45) is 0 Å². The Hall–Kier alpha value is -0.0900. The summed E-state index contributed by atoms with van der Waals surface area (Å²) < 4.78 is 6.86. The molecule has 0 bridgehead atoms. The first-order valence-electron chi connectivity index (χ1n) is 6.79. The summed E-state index contributed by atoms with van der Waals surface area (Å²) in [6, 6.07) is 4.64. The van der Waals surface area contributed by atoms with Gasteiger partial charge in [-0.05, 0) is 37.8 Å². The van der Waals surface area contributed by atoms with Crippen LogP contribution in [0.3, 0.4) is 0 Å². The van der Waals surface area contributed by atoms with Gasteiger partial charge in [-0.15, -0.1) is 11.3 Å². The third kappa shape index (κ3) is 3.47. The van der Waals surface area contributed by atoms with Crippen LogP contribution in [0.2, 0.25) is 4.34 Å². The number of rotatable bonds is 5. The Kier molecular flexibility index (Phi) is 5.07. The van der Waals surface area contributed by atoms with Crippen molar-refractivity contribution >= 4 is 22.9 Å². The van der Waals surface area contributed by atoms with E-state index in [0.29, 0.717) is 6.04 Å². The fourth-order valence-corrected chi connectivity index (χ4v) is 3.67. The molecule has 1 aromatic rings. The maximum Gasteiger partial charge on any atom is 0.0931 e. The van der Waals surface area contributed by atoms with Crippen LogP contribution in [0, 0.1) is 0 Å². The Morgan fingerprint density at radius 3 is 2.83 bits per heavy atom. The van der Waals surface area contributed by atoms with Crippen molar-refractivity contribution in [2.45, 2.75) is 57.7 Å². The second-order valence-electron chi connectivity index (χ2n) is 5.02. The van der Waals surface area contributed by atoms with Gasteiger partial charge in [0, 0.05) is 24.1 Å². The molecule has 2 heterocycles. The quantitative estimate of drug-likeness (QED) is 0.875. The highest BCUT2D eigenvalue weighted by Crippen LogP contribution is 2.31. The zero-order valence-corrected chi connectivity index (χ0v) is 12.7. The molecule has 1 aromatic heterocycles. The zero-order chi connectivity index (χ0) is 13.0. The van der Waals surface area contributed by atoms with E-state index in [1.54, 1.807) is 11.3 Å². The van der Waals surface area contributed by atoms with Crippen molar-refractivity contribution in [1.29, 1.82) is 0 Å². The number of nitrogens with one attached hydrogen (secondary N) is 1. The summed E-state index contributed by atoms with van der Waals surface area (Å²) in [5.41, 5.74) is 0.100. The van der Waals surface area contributed by atoms with E-state index in [2.05, 4.69) is 25.2 Å². The van der Waals surface area contributed by atoms with E-state index < -0.39 is 0 Å². The molecule has 1 fully saturated rings. The topological polar surface area (TPSA) is 21.3 Å². The maximum absolute atomic E-state index is 5.99. The third-order valence-electron chi connectivity index (χ3n) is 3.98. The largest absolute Gasteiger partial charge is 0.375 e. The molecular formula is C14H22ClNOS. The van der Waals surface area contributed by atoms with Crippen LogP contribution < -0.4 is 5.32 Å². The fourth-order valence-electron chi connectivity index (χ4n) is 2.64. The lowest BCUT2D eigenvalue weighted by Gasteiger charge is -2.40. The molecule has 2 nitrogen and oxygen atoms in total. The van der Waals surface area contributed by atoms with Gasteiger partial charge in [0.2, 0.25) is 0 Å². The van der Waals surface area contributed by atoms with Gasteiger partial charge in [-0.1, -0.05) is 25.4 Å². The predicted molar refractivity (Wildman–Crippen MR) is 78.5 cm³/mol. The highest BCUT2D eigenvalue weighted by molar-refractivity contribution is 7.16. The molecule has 0 spiro atoms. The van der Waals surface area contributed by atoms with Crippen LogP contribution in [-0.2, 0) is 11.3 Å². The number of hydrogen-bond acceptors (Lipinski definition) is 3. The Morgan fingerprint density at radius 2 is 2.22 bits per heavy atom. The van der Waals surface area contributed by atoms with Crippen LogP contribution in [0.1, 0.15) is 44.4 Å². The molecule has 0 aliphatic carbocycles. The highest BCUT2D eigenvalue weighted by atomic mass is 35.5. The van der Waals surface area contributed by atoms with E-state index in [9.17, 15) is 0 Å². The Labute approximate surface area is 119 Å². The first kappa shape index (κ1) is 14.3. The van der Waals surface area contributed by atoms with Gasteiger partial charge in [-0.2, -0.15) is 0 Å². The Morgan fingerprint density at radius 1 is 1.44 bits per heavy atom. The van der Waals surface area contributed by atoms with Gasteiger partial charge in [0.25, 0.3) is 0 Å². The second-order valence-corrected chi connectivity index (χ2v) is 6.81. The van der Waals surface area contributed by atoms with E-state index in [-0.39, 0.29) is 5.60 Å². The molecule has 1 atom stereocenters. The number of ether oxygens (including phenoxy) is 1. The third-order valence-corrected chi connectivity index (χ3v) is 5.21. The molecule has 0 radical (unpaired) electrons. The minimum absolute atomic E-state index is 0.100. The minimum Gasteiger partial charge on any atom is -0.375 e. The van der Waals surface area contributed by atoms with Crippen molar-refractivity contribution in [2.75, 3.05) is 6.61 Å². The first-order chi connectivity index (χ1) is 8.67. The summed E-state index contributed by atoms with van der Waals surface area (Å²) in [5.74, 6) is 0. The molecule has 1 aliphatic rings. The van der Waals surface area contributed by atoms with E-state index in [1.807, 2.05) is 6.07 Å². The van der Waals surface area contributed by atoms with E-state index >= 15 is 0 Å². The highest BCUT2D eigenvalue weighted by Gasteiger charge is 2.34. The van der Waals surface area contributed by atoms with Gasteiger partial charge < -0.3 is 10.1 Å².